The topological polar surface area (TPSA) is 49.4 Å². The highest BCUT2D eigenvalue weighted by Crippen LogP contribution is 2.14. The van der Waals surface area contributed by atoms with Gasteiger partial charge in [-0.1, -0.05) is 18.2 Å². The lowest BCUT2D eigenvalue weighted by molar-refractivity contribution is 0.250. The summed E-state index contributed by atoms with van der Waals surface area (Å²) in [5.41, 5.74) is 0.539. The third kappa shape index (κ3) is 2.74. The van der Waals surface area contributed by atoms with Gasteiger partial charge < -0.3 is 5.32 Å². The predicted octanol–water partition coefficient (Wildman–Crippen LogP) is 1.47. The van der Waals surface area contributed by atoms with Gasteiger partial charge >= 0.3 is 6.03 Å². The Morgan fingerprint density at radius 3 is 2.64 bits per heavy atom. The van der Waals surface area contributed by atoms with Crippen molar-refractivity contribution in [3.8, 4) is 0 Å². The molecule has 0 aliphatic rings. The van der Waals surface area contributed by atoms with Crippen LogP contribution < -0.4 is 9.74 Å². The summed E-state index contributed by atoms with van der Waals surface area (Å²) in [5, 5.41) is 2.26. The summed E-state index contributed by atoms with van der Waals surface area (Å²) in [6.07, 6.45) is 1.54. The average Bonchev–Trinajstić information content (AvgIpc) is 2.26. The second-order valence-corrected chi connectivity index (χ2v) is 2.76. The van der Waals surface area contributed by atoms with Crippen LogP contribution in [0.4, 0.5) is 10.5 Å². The largest absolute Gasteiger partial charge is 0.337 e. The van der Waals surface area contributed by atoms with E-state index >= 15 is 0 Å². The molecular weight excluding hydrogens is 204 g/mol. The molecule has 5 heteroatoms. The Morgan fingerprint density at radius 1 is 1.43 bits per heavy atom. The smallest absolute Gasteiger partial charge is 0.329 e. The van der Waals surface area contributed by atoms with Crippen molar-refractivity contribution in [1.29, 1.82) is 0 Å². The first kappa shape index (κ1) is 10.5. The van der Waals surface area contributed by atoms with E-state index in [1.807, 2.05) is 6.07 Å². The third-order valence-corrected chi connectivity index (χ3v) is 1.82. The maximum atomic E-state index is 11.2. The number of nitrogens with one attached hydrogen (secondary N) is 1. The molecule has 1 aromatic rings. The lowest BCUT2D eigenvalue weighted by atomic mass is 10.3. The van der Waals surface area contributed by atoms with Gasteiger partial charge in [0.1, 0.15) is 0 Å². The van der Waals surface area contributed by atoms with Gasteiger partial charge in [-0.2, -0.15) is 0 Å². The quantitative estimate of drug-likeness (QED) is 0.770. The minimum absolute atomic E-state index is 0.172. The van der Waals surface area contributed by atoms with E-state index in [1.165, 1.54) is 6.29 Å². The molecule has 1 radical (unpaired) electrons. The van der Waals surface area contributed by atoms with Gasteiger partial charge in [0, 0.05) is 11.8 Å². The molecular formula is C9H8ClN2O2. The molecule has 0 spiro atoms. The molecule has 0 saturated heterocycles. The molecule has 0 unspecified atom stereocenters. The molecule has 0 fully saturated rings. The normalized spacial score (nSPS) is 9.21. The van der Waals surface area contributed by atoms with Crippen molar-refractivity contribution in [2.45, 2.75) is 0 Å². The fraction of sp³-hybridized carbons (Fsp3) is 0.111. The first-order valence-corrected chi connectivity index (χ1v) is 4.23. The van der Waals surface area contributed by atoms with E-state index in [-0.39, 0.29) is 6.54 Å². The molecule has 1 rings (SSSR count). The predicted molar refractivity (Wildman–Crippen MR) is 53.9 cm³/mol. The molecule has 0 aliphatic carbocycles. The lowest BCUT2D eigenvalue weighted by Crippen LogP contribution is -2.34. The van der Waals surface area contributed by atoms with Crippen molar-refractivity contribution in [3.05, 3.63) is 30.3 Å². The average molecular weight is 212 g/mol. The summed E-state index contributed by atoms with van der Waals surface area (Å²) in [6.45, 7) is -0.172. The van der Waals surface area contributed by atoms with Crippen LogP contribution >= 0.6 is 11.8 Å². The molecule has 1 aromatic carbocycles. The van der Waals surface area contributed by atoms with E-state index in [4.69, 9.17) is 11.8 Å². The Balaban J connectivity index is 2.61. The molecule has 0 aliphatic heterocycles. The van der Waals surface area contributed by atoms with E-state index < -0.39 is 6.03 Å². The molecule has 0 atom stereocenters. The van der Waals surface area contributed by atoms with E-state index in [0.717, 1.165) is 4.42 Å². The first-order valence-electron chi connectivity index (χ1n) is 3.89. The van der Waals surface area contributed by atoms with Crippen molar-refractivity contribution in [3.63, 3.8) is 0 Å². The number of halogens is 1. The molecule has 1 N–H and O–H groups in total. The van der Waals surface area contributed by atoms with E-state index in [1.54, 1.807) is 24.3 Å². The number of para-hydroxylation sites is 1. The number of anilines is 1. The number of carbonyl (C=O) groups excluding carboxylic acids is 2. The van der Waals surface area contributed by atoms with Gasteiger partial charge in [-0.15, -0.1) is 0 Å². The van der Waals surface area contributed by atoms with Crippen LogP contribution in [0, 0.1) is 0 Å². The molecule has 73 valence electrons. The number of amides is 2. The van der Waals surface area contributed by atoms with Crippen molar-refractivity contribution in [2.75, 3.05) is 11.0 Å². The van der Waals surface area contributed by atoms with Crippen LogP contribution in [0.5, 0.6) is 0 Å². The Kier molecular flexibility index (Phi) is 3.94. The van der Waals surface area contributed by atoms with Crippen LogP contribution in [0.1, 0.15) is 0 Å². The third-order valence-electron chi connectivity index (χ3n) is 1.47. The number of rotatable bonds is 3. The molecule has 0 bridgehead atoms. The van der Waals surface area contributed by atoms with Crippen molar-refractivity contribution in [2.24, 2.45) is 0 Å². The Bertz CT molecular complexity index is 316. The number of nitrogens with zero attached hydrogens (tertiary/aromatic N) is 1. The Labute approximate surface area is 86.6 Å². The summed E-state index contributed by atoms with van der Waals surface area (Å²) in [6, 6.07) is 8.12. The van der Waals surface area contributed by atoms with Crippen molar-refractivity contribution < 1.29 is 9.59 Å². The summed E-state index contributed by atoms with van der Waals surface area (Å²) in [7, 11) is 0. The SMILES string of the molecule is O=[C]CNC(=O)N(Cl)c1ccccc1. The molecule has 4 nitrogen and oxygen atoms in total. The van der Waals surface area contributed by atoms with Crippen LogP contribution in [0.25, 0.3) is 0 Å². The van der Waals surface area contributed by atoms with Crippen LogP contribution in [0.15, 0.2) is 30.3 Å². The van der Waals surface area contributed by atoms with Crippen molar-refractivity contribution >= 4 is 29.8 Å². The highest BCUT2D eigenvalue weighted by Gasteiger charge is 2.11. The highest BCUT2D eigenvalue weighted by atomic mass is 35.5. The second-order valence-electron chi connectivity index (χ2n) is 2.42. The van der Waals surface area contributed by atoms with Gasteiger partial charge in [0.15, 0.2) is 0 Å². The number of hydrogen-bond acceptors (Lipinski definition) is 2. The van der Waals surface area contributed by atoms with Crippen molar-refractivity contribution in [1.82, 2.24) is 5.32 Å². The number of benzene rings is 1. The first-order chi connectivity index (χ1) is 6.75. The van der Waals surface area contributed by atoms with Gasteiger partial charge in [0.25, 0.3) is 0 Å². The monoisotopic (exact) mass is 211 g/mol. The molecule has 0 heterocycles. The summed E-state index contributed by atoms with van der Waals surface area (Å²) >= 11 is 5.68. The van der Waals surface area contributed by atoms with Gasteiger partial charge in [0.05, 0.1) is 12.2 Å². The van der Waals surface area contributed by atoms with Gasteiger partial charge in [-0.3, -0.25) is 4.79 Å². The summed E-state index contributed by atoms with van der Waals surface area (Å²) < 4.78 is 0.900. The van der Waals surface area contributed by atoms with Crippen LogP contribution in [0.3, 0.4) is 0 Å². The van der Waals surface area contributed by atoms with Gasteiger partial charge in [-0.05, 0) is 12.1 Å². The maximum Gasteiger partial charge on any atom is 0.337 e. The minimum atomic E-state index is -0.554. The van der Waals surface area contributed by atoms with E-state index in [0.29, 0.717) is 5.69 Å². The minimum Gasteiger partial charge on any atom is -0.329 e. The zero-order valence-electron chi connectivity index (χ0n) is 7.24. The van der Waals surface area contributed by atoms with Gasteiger partial charge in [0.2, 0.25) is 6.29 Å². The summed E-state index contributed by atoms with van der Waals surface area (Å²) in [4.78, 5) is 21.1. The van der Waals surface area contributed by atoms with Crippen LogP contribution in [0.2, 0.25) is 0 Å². The number of hydrogen-bond donors (Lipinski definition) is 1. The van der Waals surface area contributed by atoms with Gasteiger partial charge in [-0.25, -0.2) is 9.21 Å². The number of carbonyl (C=O) groups is 1. The Hall–Kier alpha value is -1.55. The highest BCUT2D eigenvalue weighted by molar-refractivity contribution is 6.36. The second kappa shape index (κ2) is 5.24. The molecule has 2 amide bonds. The van der Waals surface area contributed by atoms with E-state index in [2.05, 4.69) is 5.32 Å². The van der Waals surface area contributed by atoms with E-state index in [9.17, 15) is 9.59 Å². The molecule has 0 aromatic heterocycles. The fourth-order valence-electron chi connectivity index (χ4n) is 0.857. The molecule has 14 heavy (non-hydrogen) atoms. The standard InChI is InChI=1S/C9H8ClN2O2/c10-12(9(14)11-6-7-13)8-4-2-1-3-5-8/h1-5H,6H2,(H,11,14). The maximum absolute atomic E-state index is 11.2. The molecule has 0 saturated carbocycles. The zero-order chi connectivity index (χ0) is 10.4. The fourth-order valence-corrected chi connectivity index (χ4v) is 1.03. The lowest BCUT2D eigenvalue weighted by Gasteiger charge is -2.13. The zero-order valence-corrected chi connectivity index (χ0v) is 7.99. The number of urea groups is 1. The van der Waals surface area contributed by atoms with Crippen LogP contribution in [-0.4, -0.2) is 18.9 Å². The summed E-state index contributed by atoms with van der Waals surface area (Å²) in [5.74, 6) is 0. The van der Waals surface area contributed by atoms with Crippen LogP contribution in [-0.2, 0) is 4.79 Å². The Morgan fingerprint density at radius 2 is 2.07 bits per heavy atom.